The van der Waals surface area contributed by atoms with Gasteiger partial charge in [-0.15, -0.1) is 0 Å². The lowest BCUT2D eigenvalue weighted by Gasteiger charge is -2.24. The SMILES string of the molecule is CC(C)CN(CC(N)=O)c1ncc(Cl)cc1F. The van der Waals surface area contributed by atoms with E-state index in [0.29, 0.717) is 6.54 Å². The fourth-order valence-corrected chi connectivity index (χ4v) is 1.64. The standard InChI is InChI=1S/C11H15ClFN3O/c1-7(2)5-16(6-10(14)17)11-9(13)3-8(12)4-15-11/h3-4,7H,5-6H2,1-2H3,(H2,14,17). The van der Waals surface area contributed by atoms with Crippen molar-refractivity contribution in [1.29, 1.82) is 0 Å². The summed E-state index contributed by atoms with van der Waals surface area (Å²) in [6.07, 6.45) is 1.34. The number of amides is 1. The first-order valence-electron chi connectivity index (χ1n) is 5.24. The van der Waals surface area contributed by atoms with Crippen LogP contribution in [0.25, 0.3) is 0 Å². The first kappa shape index (κ1) is 13.7. The highest BCUT2D eigenvalue weighted by molar-refractivity contribution is 6.30. The summed E-state index contributed by atoms with van der Waals surface area (Å²) in [5, 5.41) is 0.217. The van der Waals surface area contributed by atoms with Gasteiger partial charge in [0, 0.05) is 12.7 Å². The molecule has 0 atom stereocenters. The van der Waals surface area contributed by atoms with Gasteiger partial charge in [-0.1, -0.05) is 25.4 Å². The summed E-state index contributed by atoms with van der Waals surface area (Å²) >= 11 is 5.62. The van der Waals surface area contributed by atoms with Gasteiger partial charge in [0.2, 0.25) is 5.91 Å². The predicted octanol–water partition coefficient (Wildman–Crippen LogP) is 1.82. The number of anilines is 1. The molecule has 0 spiro atoms. The maximum absolute atomic E-state index is 13.7. The Hall–Kier alpha value is -1.36. The van der Waals surface area contributed by atoms with Crippen LogP contribution in [0.4, 0.5) is 10.2 Å². The normalized spacial score (nSPS) is 10.6. The highest BCUT2D eigenvalue weighted by Gasteiger charge is 2.16. The summed E-state index contributed by atoms with van der Waals surface area (Å²) in [4.78, 5) is 16.4. The largest absolute Gasteiger partial charge is 0.368 e. The van der Waals surface area contributed by atoms with Crippen molar-refractivity contribution in [1.82, 2.24) is 4.98 Å². The Morgan fingerprint density at radius 3 is 2.76 bits per heavy atom. The van der Waals surface area contributed by atoms with E-state index in [0.717, 1.165) is 6.07 Å². The lowest BCUT2D eigenvalue weighted by molar-refractivity contribution is -0.116. The number of halogens is 2. The number of carbonyl (C=O) groups is 1. The first-order valence-corrected chi connectivity index (χ1v) is 5.62. The van der Waals surface area contributed by atoms with Crippen molar-refractivity contribution in [2.45, 2.75) is 13.8 Å². The molecule has 2 N–H and O–H groups in total. The van der Waals surface area contributed by atoms with Crippen LogP contribution in [-0.4, -0.2) is 24.0 Å². The second-order valence-corrected chi connectivity index (χ2v) is 4.64. The lowest BCUT2D eigenvalue weighted by atomic mass is 10.2. The van der Waals surface area contributed by atoms with E-state index in [1.54, 1.807) is 0 Å². The number of primary amides is 1. The van der Waals surface area contributed by atoms with E-state index >= 15 is 0 Å². The summed E-state index contributed by atoms with van der Waals surface area (Å²) in [5.41, 5.74) is 5.13. The molecule has 1 amide bonds. The van der Waals surface area contributed by atoms with Crippen molar-refractivity contribution in [2.24, 2.45) is 11.7 Å². The second kappa shape index (κ2) is 5.82. The van der Waals surface area contributed by atoms with Gasteiger partial charge in [0.1, 0.15) is 0 Å². The van der Waals surface area contributed by atoms with E-state index in [1.165, 1.54) is 11.1 Å². The van der Waals surface area contributed by atoms with Crippen molar-refractivity contribution in [3.8, 4) is 0 Å². The van der Waals surface area contributed by atoms with Gasteiger partial charge >= 0.3 is 0 Å². The number of nitrogens with zero attached hydrogens (tertiary/aromatic N) is 2. The summed E-state index contributed by atoms with van der Waals surface area (Å²) in [6.45, 7) is 4.35. The lowest BCUT2D eigenvalue weighted by Crippen LogP contribution is -2.37. The third-order valence-corrected chi connectivity index (χ3v) is 2.23. The van der Waals surface area contributed by atoms with Gasteiger partial charge in [0.15, 0.2) is 11.6 Å². The molecule has 0 aromatic carbocycles. The zero-order valence-electron chi connectivity index (χ0n) is 9.78. The van der Waals surface area contributed by atoms with Crippen LogP contribution in [-0.2, 0) is 4.79 Å². The number of pyridine rings is 1. The molecule has 94 valence electrons. The monoisotopic (exact) mass is 259 g/mol. The van der Waals surface area contributed by atoms with Crippen LogP contribution >= 0.6 is 11.6 Å². The molecule has 0 saturated carbocycles. The average molecular weight is 260 g/mol. The minimum absolute atomic E-state index is 0.0657. The molecule has 0 bridgehead atoms. The van der Waals surface area contributed by atoms with Gasteiger partial charge in [-0.25, -0.2) is 9.37 Å². The molecule has 1 heterocycles. The predicted molar refractivity (Wildman–Crippen MR) is 65.5 cm³/mol. The third-order valence-electron chi connectivity index (χ3n) is 2.02. The van der Waals surface area contributed by atoms with Gasteiger partial charge in [0.25, 0.3) is 0 Å². The van der Waals surface area contributed by atoms with Crippen LogP contribution in [0.1, 0.15) is 13.8 Å². The Morgan fingerprint density at radius 1 is 1.65 bits per heavy atom. The zero-order chi connectivity index (χ0) is 13.0. The molecular formula is C11H15ClFN3O. The van der Waals surface area contributed by atoms with E-state index < -0.39 is 11.7 Å². The summed E-state index contributed by atoms with van der Waals surface area (Å²) in [6, 6.07) is 1.16. The van der Waals surface area contributed by atoms with Crippen LogP contribution < -0.4 is 10.6 Å². The summed E-state index contributed by atoms with van der Waals surface area (Å²) < 4.78 is 13.7. The second-order valence-electron chi connectivity index (χ2n) is 4.20. The number of hydrogen-bond acceptors (Lipinski definition) is 3. The Morgan fingerprint density at radius 2 is 2.29 bits per heavy atom. The Bertz CT molecular complexity index is 412. The summed E-state index contributed by atoms with van der Waals surface area (Å²) in [5.74, 6) is -0.727. The highest BCUT2D eigenvalue weighted by Crippen LogP contribution is 2.20. The van der Waals surface area contributed by atoms with Gasteiger partial charge in [-0.05, 0) is 12.0 Å². The van der Waals surface area contributed by atoms with Gasteiger partial charge in [-0.2, -0.15) is 0 Å². The first-order chi connectivity index (χ1) is 7.90. The number of hydrogen-bond donors (Lipinski definition) is 1. The van der Waals surface area contributed by atoms with E-state index in [1.807, 2.05) is 13.8 Å². The molecule has 0 aliphatic heterocycles. The van der Waals surface area contributed by atoms with Gasteiger partial charge in [0.05, 0.1) is 11.6 Å². The fraction of sp³-hybridized carbons (Fsp3) is 0.455. The summed E-state index contributed by atoms with van der Waals surface area (Å²) in [7, 11) is 0. The molecule has 0 fully saturated rings. The molecule has 0 aliphatic carbocycles. The molecule has 4 nitrogen and oxygen atoms in total. The maximum atomic E-state index is 13.7. The molecule has 1 aromatic heterocycles. The fourth-order valence-electron chi connectivity index (χ4n) is 1.49. The molecule has 0 radical (unpaired) electrons. The highest BCUT2D eigenvalue weighted by atomic mass is 35.5. The molecule has 6 heteroatoms. The van der Waals surface area contributed by atoms with Crippen molar-refractivity contribution in [3.05, 3.63) is 23.1 Å². The Balaban J connectivity index is 2.98. The van der Waals surface area contributed by atoms with E-state index in [-0.39, 0.29) is 23.3 Å². The topological polar surface area (TPSA) is 59.2 Å². The molecular weight excluding hydrogens is 245 g/mol. The van der Waals surface area contributed by atoms with E-state index in [9.17, 15) is 9.18 Å². The molecule has 0 saturated heterocycles. The van der Waals surface area contributed by atoms with Crippen LogP contribution in [0, 0.1) is 11.7 Å². The molecule has 1 rings (SSSR count). The third kappa shape index (κ3) is 4.19. The average Bonchev–Trinajstić information content (AvgIpc) is 2.14. The number of carbonyl (C=O) groups excluding carboxylic acids is 1. The Labute approximate surface area is 105 Å². The van der Waals surface area contributed by atoms with Crippen molar-refractivity contribution < 1.29 is 9.18 Å². The van der Waals surface area contributed by atoms with Crippen molar-refractivity contribution in [3.63, 3.8) is 0 Å². The molecule has 1 aromatic rings. The van der Waals surface area contributed by atoms with E-state index in [4.69, 9.17) is 17.3 Å². The number of rotatable bonds is 5. The van der Waals surface area contributed by atoms with Crippen molar-refractivity contribution >= 4 is 23.3 Å². The van der Waals surface area contributed by atoms with Crippen molar-refractivity contribution in [2.75, 3.05) is 18.0 Å². The minimum atomic E-state index is -0.556. The molecule has 0 aliphatic rings. The van der Waals surface area contributed by atoms with Crippen LogP contribution in [0.2, 0.25) is 5.02 Å². The Kier molecular flexibility index (Phi) is 4.69. The van der Waals surface area contributed by atoms with Crippen LogP contribution in [0.5, 0.6) is 0 Å². The maximum Gasteiger partial charge on any atom is 0.237 e. The van der Waals surface area contributed by atoms with Crippen LogP contribution in [0.3, 0.4) is 0 Å². The number of aromatic nitrogens is 1. The molecule has 17 heavy (non-hydrogen) atoms. The zero-order valence-corrected chi connectivity index (χ0v) is 10.5. The quantitative estimate of drug-likeness (QED) is 0.878. The van der Waals surface area contributed by atoms with Crippen LogP contribution in [0.15, 0.2) is 12.3 Å². The van der Waals surface area contributed by atoms with Gasteiger partial charge in [-0.3, -0.25) is 4.79 Å². The minimum Gasteiger partial charge on any atom is -0.368 e. The smallest absolute Gasteiger partial charge is 0.237 e. The molecule has 0 unspecified atom stereocenters. The van der Waals surface area contributed by atoms with E-state index in [2.05, 4.69) is 4.98 Å². The number of nitrogens with two attached hydrogens (primary N) is 1. The van der Waals surface area contributed by atoms with Gasteiger partial charge < -0.3 is 10.6 Å².